The molecule has 0 aromatic rings. The largest absolute Gasteiger partial charge is 0.288 e. The van der Waals surface area contributed by atoms with E-state index in [1.807, 2.05) is 0 Å². The summed E-state index contributed by atoms with van der Waals surface area (Å²) in [6, 6.07) is 3.07. The fourth-order valence-electron chi connectivity index (χ4n) is 3.55. The van der Waals surface area contributed by atoms with Crippen molar-refractivity contribution in [3.05, 3.63) is 0 Å². The van der Waals surface area contributed by atoms with Gasteiger partial charge in [0.05, 0.1) is 12.6 Å². The van der Waals surface area contributed by atoms with Crippen molar-refractivity contribution < 1.29 is 0 Å². The molecule has 0 N–H and O–H groups in total. The molecule has 0 atom stereocenters. The van der Waals surface area contributed by atoms with Gasteiger partial charge in [-0.05, 0) is 25.8 Å². The fourth-order valence-corrected chi connectivity index (χ4v) is 3.55. The second kappa shape index (κ2) is 13.1. The maximum atomic E-state index is 8.97. The maximum absolute atomic E-state index is 8.97. The Morgan fingerprint density at radius 2 is 1.38 bits per heavy atom. The fraction of sp³-hybridized carbons (Fsp3) is 0.947. The molecule has 1 saturated carbocycles. The molecule has 0 aromatic heterocycles. The average Bonchev–Trinajstić information content (AvgIpc) is 3.02. The predicted molar refractivity (Wildman–Crippen MR) is 91.3 cm³/mol. The van der Waals surface area contributed by atoms with E-state index in [4.69, 9.17) is 5.26 Å². The van der Waals surface area contributed by atoms with Crippen LogP contribution in [-0.4, -0.2) is 24.0 Å². The van der Waals surface area contributed by atoms with E-state index in [0.29, 0.717) is 12.6 Å². The minimum absolute atomic E-state index is 0.641. The molecule has 0 saturated heterocycles. The summed E-state index contributed by atoms with van der Waals surface area (Å²) >= 11 is 0. The van der Waals surface area contributed by atoms with Gasteiger partial charge in [0, 0.05) is 6.04 Å². The third kappa shape index (κ3) is 9.14. The SMILES string of the molecule is CCCCCCCCCCCCN(CC#N)C1CCCC1. The molecule has 0 aliphatic heterocycles. The van der Waals surface area contributed by atoms with Gasteiger partial charge in [0.1, 0.15) is 0 Å². The molecule has 0 amide bonds. The highest BCUT2D eigenvalue weighted by Gasteiger charge is 2.21. The van der Waals surface area contributed by atoms with Crippen molar-refractivity contribution in [1.82, 2.24) is 4.90 Å². The monoisotopic (exact) mass is 292 g/mol. The van der Waals surface area contributed by atoms with Gasteiger partial charge in [-0.1, -0.05) is 77.6 Å². The van der Waals surface area contributed by atoms with Crippen LogP contribution in [-0.2, 0) is 0 Å². The summed E-state index contributed by atoms with van der Waals surface area (Å²) in [5.74, 6) is 0. The van der Waals surface area contributed by atoms with Gasteiger partial charge in [-0.15, -0.1) is 0 Å². The molecule has 0 bridgehead atoms. The molecule has 2 nitrogen and oxygen atoms in total. The van der Waals surface area contributed by atoms with Crippen molar-refractivity contribution in [3.8, 4) is 6.07 Å². The smallest absolute Gasteiger partial charge is 0.0868 e. The number of rotatable bonds is 13. The van der Waals surface area contributed by atoms with Gasteiger partial charge >= 0.3 is 0 Å². The van der Waals surface area contributed by atoms with Crippen LogP contribution in [0.2, 0.25) is 0 Å². The molecular weight excluding hydrogens is 256 g/mol. The average molecular weight is 293 g/mol. The van der Waals surface area contributed by atoms with E-state index in [-0.39, 0.29) is 0 Å². The van der Waals surface area contributed by atoms with Crippen LogP contribution >= 0.6 is 0 Å². The third-order valence-corrected chi connectivity index (χ3v) is 4.91. The number of hydrogen-bond acceptors (Lipinski definition) is 2. The number of hydrogen-bond donors (Lipinski definition) is 0. The van der Waals surface area contributed by atoms with Crippen LogP contribution in [0.15, 0.2) is 0 Å². The van der Waals surface area contributed by atoms with Crippen LogP contribution in [0, 0.1) is 11.3 Å². The first-order valence-corrected chi connectivity index (χ1v) is 9.49. The van der Waals surface area contributed by atoms with Gasteiger partial charge in [-0.3, -0.25) is 4.90 Å². The zero-order valence-corrected chi connectivity index (χ0v) is 14.3. The number of nitrogens with zero attached hydrogens (tertiary/aromatic N) is 2. The lowest BCUT2D eigenvalue weighted by atomic mass is 10.1. The number of unbranched alkanes of at least 4 members (excludes halogenated alkanes) is 9. The molecule has 0 radical (unpaired) electrons. The molecular formula is C19H36N2. The van der Waals surface area contributed by atoms with E-state index < -0.39 is 0 Å². The molecule has 1 aliphatic rings. The Morgan fingerprint density at radius 1 is 0.857 bits per heavy atom. The summed E-state index contributed by atoms with van der Waals surface area (Å²) in [5, 5.41) is 8.97. The van der Waals surface area contributed by atoms with Crippen LogP contribution in [0.4, 0.5) is 0 Å². The molecule has 1 aliphatic carbocycles. The minimum Gasteiger partial charge on any atom is -0.288 e. The lowest BCUT2D eigenvalue weighted by Gasteiger charge is -2.26. The zero-order valence-electron chi connectivity index (χ0n) is 14.3. The lowest BCUT2D eigenvalue weighted by Crippen LogP contribution is -2.34. The van der Waals surface area contributed by atoms with Crippen LogP contribution in [0.25, 0.3) is 0 Å². The summed E-state index contributed by atoms with van der Waals surface area (Å²) < 4.78 is 0. The maximum Gasteiger partial charge on any atom is 0.0868 e. The van der Waals surface area contributed by atoms with Gasteiger partial charge in [0.25, 0.3) is 0 Å². The number of nitriles is 1. The van der Waals surface area contributed by atoms with E-state index in [0.717, 1.165) is 6.54 Å². The molecule has 2 heteroatoms. The van der Waals surface area contributed by atoms with Crippen molar-refractivity contribution in [2.24, 2.45) is 0 Å². The van der Waals surface area contributed by atoms with Gasteiger partial charge in [-0.2, -0.15) is 5.26 Å². The first kappa shape index (κ1) is 18.5. The first-order chi connectivity index (χ1) is 10.4. The Kier molecular flexibility index (Phi) is 11.6. The molecule has 0 spiro atoms. The van der Waals surface area contributed by atoms with Crippen LogP contribution < -0.4 is 0 Å². The normalized spacial score (nSPS) is 15.7. The van der Waals surface area contributed by atoms with Gasteiger partial charge < -0.3 is 0 Å². The van der Waals surface area contributed by atoms with Gasteiger partial charge in [0.2, 0.25) is 0 Å². The van der Waals surface area contributed by atoms with Crippen LogP contribution in [0.1, 0.15) is 96.8 Å². The molecule has 0 heterocycles. The summed E-state index contributed by atoms with van der Waals surface area (Å²) in [6.45, 7) is 4.07. The predicted octanol–water partition coefficient (Wildman–Crippen LogP) is 5.68. The van der Waals surface area contributed by atoms with E-state index in [1.54, 1.807) is 0 Å². The third-order valence-electron chi connectivity index (χ3n) is 4.91. The van der Waals surface area contributed by atoms with Crippen molar-refractivity contribution >= 4 is 0 Å². The second-order valence-corrected chi connectivity index (χ2v) is 6.75. The topological polar surface area (TPSA) is 27.0 Å². The minimum atomic E-state index is 0.641. The molecule has 1 rings (SSSR count). The summed E-state index contributed by atoms with van der Waals surface area (Å²) in [4.78, 5) is 2.44. The second-order valence-electron chi connectivity index (χ2n) is 6.75. The highest BCUT2D eigenvalue weighted by Crippen LogP contribution is 2.23. The Labute approximate surface area is 132 Å². The van der Waals surface area contributed by atoms with Crippen LogP contribution in [0.5, 0.6) is 0 Å². The van der Waals surface area contributed by atoms with Crippen LogP contribution in [0.3, 0.4) is 0 Å². The Morgan fingerprint density at radius 3 is 1.90 bits per heavy atom. The summed E-state index contributed by atoms with van der Waals surface area (Å²) in [6.07, 6.45) is 19.3. The highest BCUT2D eigenvalue weighted by molar-refractivity contribution is 4.84. The van der Waals surface area contributed by atoms with E-state index in [2.05, 4.69) is 17.9 Å². The molecule has 1 fully saturated rings. The zero-order chi connectivity index (χ0) is 15.2. The first-order valence-electron chi connectivity index (χ1n) is 9.49. The van der Waals surface area contributed by atoms with Gasteiger partial charge in [0.15, 0.2) is 0 Å². The molecule has 122 valence electrons. The van der Waals surface area contributed by atoms with E-state index in [9.17, 15) is 0 Å². The van der Waals surface area contributed by atoms with E-state index in [1.165, 1.54) is 89.9 Å². The summed E-state index contributed by atoms with van der Waals surface area (Å²) in [7, 11) is 0. The quantitative estimate of drug-likeness (QED) is 0.323. The van der Waals surface area contributed by atoms with E-state index >= 15 is 0 Å². The Balaban J connectivity index is 1.93. The Bertz CT molecular complexity index is 263. The van der Waals surface area contributed by atoms with Crippen molar-refractivity contribution in [3.63, 3.8) is 0 Å². The van der Waals surface area contributed by atoms with Crippen molar-refractivity contribution in [1.29, 1.82) is 5.26 Å². The summed E-state index contributed by atoms with van der Waals surface area (Å²) in [5.41, 5.74) is 0. The van der Waals surface area contributed by atoms with Crippen molar-refractivity contribution in [2.75, 3.05) is 13.1 Å². The Hall–Kier alpha value is -0.550. The highest BCUT2D eigenvalue weighted by atomic mass is 15.1. The van der Waals surface area contributed by atoms with Crippen molar-refractivity contribution in [2.45, 2.75) is 103 Å². The van der Waals surface area contributed by atoms with Gasteiger partial charge in [-0.25, -0.2) is 0 Å². The molecule has 0 aromatic carbocycles. The standard InChI is InChI=1S/C19H36N2/c1-2-3-4-5-6-7-8-9-10-13-17-21(18-16-20)19-14-11-12-15-19/h19H,2-15,17-18H2,1H3. The molecule has 21 heavy (non-hydrogen) atoms. The molecule has 0 unspecified atom stereocenters. The lowest BCUT2D eigenvalue weighted by molar-refractivity contribution is 0.217.